The van der Waals surface area contributed by atoms with Crippen molar-refractivity contribution in [2.24, 2.45) is 0 Å². The molecule has 0 aromatic carbocycles. The highest BCUT2D eigenvalue weighted by atomic mass is 32.1. The maximum Gasteiger partial charge on any atom is 0.255 e. The lowest BCUT2D eigenvalue weighted by Gasteiger charge is -2.12. The van der Waals surface area contributed by atoms with E-state index in [4.69, 9.17) is 22.1 Å². The summed E-state index contributed by atoms with van der Waals surface area (Å²) in [5, 5.41) is 18.9. The van der Waals surface area contributed by atoms with Crippen LogP contribution in [-0.2, 0) is 4.74 Å². The van der Waals surface area contributed by atoms with Crippen molar-refractivity contribution in [3.8, 4) is 0 Å². The van der Waals surface area contributed by atoms with Gasteiger partial charge in [0, 0.05) is 13.3 Å². The number of aryl methyl sites for hydroxylation is 1. The fourth-order valence-electron chi connectivity index (χ4n) is 2.44. The smallest absolute Gasteiger partial charge is 0.255 e. The summed E-state index contributed by atoms with van der Waals surface area (Å²) in [7, 11) is 0. The van der Waals surface area contributed by atoms with Crippen molar-refractivity contribution in [2.45, 2.75) is 31.8 Å². The van der Waals surface area contributed by atoms with Gasteiger partial charge in [-0.05, 0) is 12.2 Å². The van der Waals surface area contributed by atoms with E-state index in [9.17, 15) is 5.11 Å². The molecule has 1 unspecified atom stereocenters. The largest absolute Gasteiger partial charge is 0.394 e. The molecule has 0 radical (unpaired) electrons. The molecule has 0 spiro atoms. The van der Waals surface area contributed by atoms with Crippen molar-refractivity contribution in [3.63, 3.8) is 0 Å². The zero-order valence-electron chi connectivity index (χ0n) is 10.3. The summed E-state index contributed by atoms with van der Waals surface area (Å²) in [4.78, 5) is 10.2. The Morgan fingerprint density at radius 3 is 3.11 bits per heavy atom. The Morgan fingerprint density at radius 2 is 2.42 bits per heavy atom. The van der Waals surface area contributed by atoms with Gasteiger partial charge in [-0.25, -0.2) is 4.98 Å². The van der Waals surface area contributed by atoms with Crippen LogP contribution in [0, 0.1) is 11.6 Å². The molecule has 1 saturated heterocycles. The van der Waals surface area contributed by atoms with Crippen LogP contribution in [0.3, 0.4) is 0 Å². The van der Waals surface area contributed by atoms with Crippen LogP contribution in [0.15, 0.2) is 6.33 Å². The van der Waals surface area contributed by atoms with E-state index in [0.29, 0.717) is 16.7 Å². The number of hydrogen-bond acceptors (Lipinski definition) is 5. The van der Waals surface area contributed by atoms with Crippen LogP contribution in [0.25, 0.3) is 11.2 Å². The first-order chi connectivity index (χ1) is 9.11. The molecule has 0 bridgehead atoms. The summed E-state index contributed by atoms with van der Waals surface area (Å²) in [6.07, 6.45) is 0.330. The minimum atomic E-state index is -0.686. The molecular weight excluding hydrogens is 268 g/mol. The number of fused-ring (bicyclic) bond motifs is 1. The van der Waals surface area contributed by atoms with Crippen molar-refractivity contribution < 1.29 is 19.5 Å². The minimum Gasteiger partial charge on any atom is -0.394 e. The van der Waals surface area contributed by atoms with Gasteiger partial charge in [0.1, 0.15) is 6.10 Å². The predicted molar refractivity (Wildman–Crippen MR) is 67.8 cm³/mol. The Labute approximate surface area is 113 Å². The first-order valence-electron chi connectivity index (χ1n) is 6.03. The van der Waals surface area contributed by atoms with Gasteiger partial charge in [-0.15, -0.1) is 0 Å². The Kier molecular flexibility index (Phi) is 3.09. The van der Waals surface area contributed by atoms with Gasteiger partial charge in [0.05, 0.1) is 19.0 Å². The molecule has 0 amide bonds. The highest BCUT2D eigenvalue weighted by Crippen LogP contribution is 2.25. The van der Waals surface area contributed by atoms with Gasteiger partial charge in [-0.1, -0.05) is 0 Å². The van der Waals surface area contributed by atoms with Gasteiger partial charge in [-0.2, -0.15) is 9.55 Å². The monoisotopic (exact) mass is 283 g/mol. The van der Waals surface area contributed by atoms with E-state index in [-0.39, 0.29) is 12.8 Å². The second-order valence-electron chi connectivity index (χ2n) is 4.63. The summed E-state index contributed by atoms with van der Waals surface area (Å²) >= 11 is 5.43. The summed E-state index contributed by atoms with van der Waals surface area (Å²) in [5.41, 5.74) is 1.42. The number of aliphatic hydroxyl groups excluding tert-OH is 2. The van der Waals surface area contributed by atoms with Gasteiger partial charge < -0.3 is 19.9 Å². The molecule has 4 N–H and O–H groups in total. The first kappa shape index (κ1) is 12.7. The third-order valence-corrected chi connectivity index (χ3v) is 3.81. The van der Waals surface area contributed by atoms with Crippen molar-refractivity contribution >= 4 is 23.4 Å². The Morgan fingerprint density at radius 1 is 1.63 bits per heavy atom. The van der Waals surface area contributed by atoms with Gasteiger partial charge in [-0.3, -0.25) is 0 Å². The molecule has 102 valence electrons. The fourth-order valence-corrected chi connectivity index (χ4v) is 2.85. The van der Waals surface area contributed by atoms with Gasteiger partial charge >= 0.3 is 0 Å². The Bertz CT molecular complexity index is 667. The number of H-pyrrole nitrogens is 2. The lowest BCUT2D eigenvalue weighted by atomic mass is 10.2. The quantitative estimate of drug-likeness (QED) is 0.454. The fraction of sp³-hybridized carbons (Fsp3) is 0.545. The number of aliphatic hydroxyl groups is 2. The van der Waals surface area contributed by atoms with Crippen molar-refractivity contribution in [1.29, 1.82) is 0 Å². The van der Waals surface area contributed by atoms with Gasteiger partial charge in [0.2, 0.25) is 16.5 Å². The molecule has 1 aliphatic rings. The topological polar surface area (TPSA) is 98.0 Å². The Balaban J connectivity index is 2.08. The van der Waals surface area contributed by atoms with E-state index in [2.05, 4.69) is 15.0 Å². The number of aromatic amines is 2. The number of nitrogens with zero attached hydrogens (tertiary/aromatic N) is 2. The molecule has 0 saturated carbocycles. The van der Waals surface area contributed by atoms with E-state index in [1.165, 1.54) is 0 Å². The number of hydrogen-bond donors (Lipinski definition) is 4. The first-order valence-corrected chi connectivity index (χ1v) is 6.44. The number of ether oxygens (including phenoxy) is 1. The second kappa shape index (κ2) is 4.64. The summed E-state index contributed by atoms with van der Waals surface area (Å²) < 4.78 is 8.01. The summed E-state index contributed by atoms with van der Waals surface area (Å²) in [6, 6.07) is 0. The van der Waals surface area contributed by atoms with Crippen LogP contribution >= 0.6 is 12.2 Å². The predicted octanol–water partition coefficient (Wildman–Crippen LogP) is -0.143. The number of imidazole rings is 1. The van der Waals surface area contributed by atoms with Crippen LogP contribution in [0.2, 0.25) is 0 Å². The highest BCUT2D eigenvalue weighted by molar-refractivity contribution is 7.71. The van der Waals surface area contributed by atoms with E-state index in [0.717, 1.165) is 11.3 Å². The molecule has 0 aliphatic carbocycles. The molecule has 8 heteroatoms. The number of aromatic nitrogens is 4. The molecule has 19 heavy (non-hydrogen) atoms. The van der Waals surface area contributed by atoms with E-state index >= 15 is 0 Å². The number of rotatable bonds is 2. The van der Waals surface area contributed by atoms with E-state index in [1.807, 2.05) is 6.92 Å². The molecule has 1 aliphatic heterocycles. The van der Waals surface area contributed by atoms with Crippen molar-refractivity contribution in [2.75, 3.05) is 6.61 Å². The maximum atomic E-state index is 9.81. The molecule has 2 aromatic heterocycles. The molecule has 3 heterocycles. The highest BCUT2D eigenvalue weighted by Gasteiger charge is 2.38. The lowest BCUT2D eigenvalue weighted by molar-refractivity contribution is -0.771. The Hall–Kier alpha value is -1.35. The maximum absolute atomic E-state index is 9.81. The SMILES string of the molecule is Cc1[nH]c2nc[nH]c2c(=S)[n+]1C1C[C@H](O)[C@@H](CO)O1. The van der Waals surface area contributed by atoms with Crippen LogP contribution in [0.5, 0.6) is 0 Å². The van der Waals surface area contributed by atoms with Crippen LogP contribution in [-0.4, -0.2) is 44.0 Å². The number of nitrogens with one attached hydrogen (secondary N) is 2. The minimum absolute atomic E-state index is 0.208. The average Bonchev–Trinajstić information content (AvgIpc) is 2.95. The standard InChI is InChI=1S/C11H14N4O3S/c1-5-14-10-9(12-4-13-10)11(19)15(5)8-2-6(17)7(3-16)18-8/h4,6-8,16-17H,2-3H2,1H3,(H,12,13,19)/p+1/t6-,7+,8?/m0/s1. The molecule has 1 fully saturated rings. The third kappa shape index (κ3) is 1.96. The lowest BCUT2D eigenvalue weighted by Crippen LogP contribution is -2.45. The molecule has 2 aromatic rings. The van der Waals surface area contributed by atoms with E-state index < -0.39 is 12.2 Å². The molecule has 7 nitrogen and oxygen atoms in total. The van der Waals surface area contributed by atoms with Crippen LogP contribution in [0.4, 0.5) is 0 Å². The van der Waals surface area contributed by atoms with Crippen molar-refractivity contribution in [1.82, 2.24) is 15.0 Å². The van der Waals surface area contributed by atoms with Gasteiger partial charge in [0.25, 0.3) is 5.82 Å². The van der Waals surface area contributed by atoms with Crippen molar-refractivity contribution in [3.05, 3.63) is 16.8 Å². The zero-order chi connectivity index (χ0) is 13.6. The summed E-state index contributed by atoms with van der Waals surface area (Å²) in [5.74, 6) is 0.792. The molecule has 3 atom stereocenters. The zero-order valence-corrected chi connectivity index (χ0v) is 11.1. The summed E-state index contributed by atoms with van der Waals surface area (Å²) in [6.45, 7) is 1.66. The molecular formula is C11H15N4O3S+. The second-order valence-corrected chi connectivity index (χ2v) is 5.01. The molecule has 3 rings (SSSR count). The van der Waals surface area contributed by atoms with Crippen LogP contribution < -0.4 is 4.57 Å². The van der Waals surface area contributed by atoms with Crippen LogP contribution in [0.1, 0.15) is 18.5 Å². The normalized spacial score (nSPS) is 27.2. The van der Waals surface area contributed by atoms with E-state index in [1.54, 1.807) is 10.9 Å². The third-order valence-electron chi connectivity index (χ3n) is 3.40. The van der Waals surface area contributed by atoms with Gasteiger partial charge in [0.15, 0.2) is 5.52 Å². The average molecular weight is 283 g/mol.